The van der Waals surface area contributed by atoms with Crippen molar-refractivity contribution in [2.24, 2.45) is 0 Å². The average molecular weight is 407 g/mol. The van der Waals surface area contributed by atoms with E-state index in [2.05, 4.69) is 15.4 Å². The smallest absolute Gasteiger partial charge is 0.229 e. The van der Waals surface area contributed by atoms with Gasteiger partial charge in [0.1, 0.15) is 18.8 Å². The molecule has 6 nitrogen and oxygen atoms in total. The van der Waals surface area contributed by atoms with Gasteiger partial charge < -0.3 is 4.74 Å². The Morgan fingerprint density at radius 1 is 1.26 bits per heavy atom. The Bertz CT molecular complexity index is 1000. The molecule has 1 atom stereocenters. The summed E-state index contributed by atoms with van der Waals surface area (Å²) in [4.78, 5) is 15.9. The van der Waals surface area contributed by atoms with Crippen molar-refractivity contribution in [3.63, 3.8) is 0 Å². The number of hydrogen-bond acceptors (Lipinski definition) is 4. The van der Waals surface area contributed by atoms with Crippen LogP contribution in [0, 0.1) is 5.82 Å². The quantitative estimate of drug-likeness (QED) is 0.703. The van der Waals surface area contributed by atoms with E-state index < -0.39 is 0 Å². The monoisotopic (exact) mass is 406 g/mol. The van der Waals surface area contributed by atoms with Gasteiger partial charge in [0.15, 0.2) is 5.75 Å². The van der Waals surface area contributed by atoms with Crippen molar-refractivity contribution < 1.29 is 13.9 Å². The highest BCUT2D eigenvalue weighted by molar-refractivity contribution is 6.37. The Morgan fingerprint density at radius 2 is 2.00 bits per heavy atom. The van der Waals surface area contributed by atoms with Gasteiger partial charge in [-0.15, -0.1) is 0 Å². The molecule has 0 fully saturated rings. The number of benzene rings is 2. The average Bonchev–Trinajstić information content (AvgIpc) is 3.09. The van der Waals surface area contributed by atoms with Gasteiger partial charge >= 0.3 is 0 Å². The molecular formula is C18H13Cl2FN4O2. The topological polar surface area (TPSA) is 69.0 Å². The van der Waals surface area contributed by atoms with Crippen LogP contribution in [-0.2, 0) is 11.4 Å². The first kappa shape index (κ1) is 17.8. The van der Waals surface area contributed by atoms with E-state index >= 15 is 0 Å². The number of nitrogens with one attached hydrogen (secondary N) is 1. The number of carbonyl (C=O) groups excluding carboxylic acids is 1. The second-order valence-corrected chi connectivity index (χ2v) is 6.80. The van der Waals surface area contributed by atoms with E-state index in [4.69, 9.17) is 27.9 Å². The van der Waals surface area contributed by atoms with E-state index in [1.54, 1.807) is 35.0 Å². The molecule has 0 unspecified atom stereocenters. The van der Waals surface area contributed by atoms with Crippen molar-refractivity contribution in [2.45, 2.75) is 19.1 Å². The minimum absolute atomic E-state index is 0.00941. The number of fused-ring (bicyclic) bond motifs is 1. The standard InChI is InChI=1S/C18H13Cl2FN4O2/c19-12-5-11(15-7-16(26)24-18-22-9-23-25(15)18)6-13(20)17(12)27-8-10-3-1-2-4-14(10)21/h1-6,9,15H,7-8H2,(H,22,23,24,26)/t15-/m1/s1. The largest absolute Gasteiger partial charge is 0.486 e. The summed E-state index contributed by atoms with van der Waals surface area (Å²) < 4.78 is 21.0. The molecule has 2 heterocycles. The van der Waals surface area contributed by atoms with Gasteiger partial charge in [-0.25, -0.2) is 9.07 Å². The Hall–Kier alpha value is -2.64. The van der Waals surface area contributed by atoms with Crippen molar-refractivity contribution in [1.82, 2.24) is 14.8 Å². The SMILES string of the molecule is O=C1C[C@H](c2cc(Cl)c(OCc3ccccc3F)c(Cl)c2)n2ncnc2N1. The third-order valence-corrected chi connectivity index (χ3v) is 4.79. The van der Waals surface area contributed by atoms with Crippen LogP contribution in [0.1, 0.15) is 23.6 Å². The molecule has 0 saturated carbocycles. The molecular weight excluding hydrogens is 394 g/mol. The number of anilines is 1. The predicted octanol–water partition coefficient (Wildman–Crippen LogP) is 4.23. The zero-order valence-corrected chi connectivity index (χ0v) is 15.3. The second kappa shape index (κ2) is 7.17. The fourth-order valence-corrected chi connectivity index (χ4v) is 3.55. The first-order chi connectivity index (χ1) is 13.0. The van der Waals surface area contributed by atoms with Crippen LogP contribution in [0.5, 0.6) is 5.75 Å². The zero-order valence-electron chi connectivity index (χ0n) is 13.8. The fraction of sp³-hybridized carbons (Fsp3) is 0.167. The van der Waals surface area contributed by atoms with Gasteiger partial charge in [0.05, 0.1) is 22.5 Å². The van der Waals surface area contributed by atoms with Gasteiger partial charge in [-0.05, 0) is 23.8 Å². The lowest BCUT2D eigenvalue weighted by molar-refractivity contribution is -0.117. The summed E-state index contributed by atoms with van der Waals surface area (Å²) in [7, 11) is 0. The van der Waals surface area contributed by atoms with Crippen LogP contribution in [-0.4, -0.2) is 20.7 Å². The van der Waals surface area contributed by atoms with Crippen LogP contribution in [0.4, 0.5) is 10.3 Å². The number of amides is 1. The van der Waals surface area contributed by atoms with E-state index in [1.807, 2.05) is 0 Å². The lowest BCUT2D eigenvalue weighted by Crippen LogP contribution is -2.29. The van der Waals surface area contributed by atoms with Gasteiger partial charge in [-0.1, -0.05) is 41.4 Å². The molecule has 3 aromatic rings. The summed E-state index contributed by atoms with van der Waals surface area (Å²) in [6, 6.07) is 9.25. The highest BCUT2D eigenvalue weighted by atomic mass is 35.5. The first-order valence-electron chi connectivity index (χ1n) is 8.07. The van der Waals surface area contributed by atoms with Gasteiger partial charge in [0.25, 0.3) is 0 Å². The molecule has 9 heteroatoms. The molecule has 2 aromatic carbocycles. The van der Waals surface area contributed by atoms with E-state index in [0.717, 1.165) is 0 Å². The van der Waals surface area contributed by atoms with Crippen LogP contribution in [0.2, 0.25) is 10.0 Å². The molecule has 0 spiro atoms. The Labute approximate surface area is 163 Å². The molecule has 138 valence electrons. The van der Waals surface area contributed by atoms with Gasteiger partial charge in [0, 0.05) is 5.56 Å². The Kier molecular flexibility index (Phi) is 4.72. The summed E-state index contributed by atoms with van der Waals surface area (Å²) in [5.41, 5.74) is 1.09. The van der Waals surface area contributed by atoms with Crippen molar-refractivity contribution in [1.29, 1.82) is 0 Å². The number of carbonyl (C=O) groups is 1. The van der Waals surface area contributed by atoms with Gasteiger partial charge in [0.2, 0.25) is 11.9 Å². The second-order valence-electron chi connectivity index (χ2n) is 5.99. The molecule has 0 saturated heterocycles. The molecule has 1 aromatic heterocycles. The van der Waals surface area contributed by atoms with Crippen LogP contribution in [0.25, 0.3) is 0 Å². The predicted molar refractivity (Wildman–Crippen MR) is 98.6 cm³/mol. The maximum atomic E-state index is 13.7. The van der Waals surface area contributed by atoms with Gasteiger partial charge in [-0.2, -0.15) is 10.1 Å². The molecule has 0 aliphatic carbocycles. The summed E-state index contributed by atoms with van der Waals surface area (Å²) in [5.74, 6) is 0.0775. The summed E-state index contributed by atoms with van der Waals surface area (Å²) in [6.45, 7) is -0.00941. The molecule has 0 radical (unpaired) electrons. The van der Waals surface area contributed by atoms with Crippen LogP contribution < -0.4 is 10.1 Å². The highest BCUT2D eigenvalue weighted by Gasteiger charge is 2.28. The highest BCUT2D eigenvalue weighted by Crippen LogP contribution is 2.39. The minimum Gasteiger partial charge on any atom is -0.486 e. The molecule has 1 N–H and O–H groups in total. The fourth-order valence-electron chi connectivity index (χ4n) is 2.94. The lowest BCUT2D eigenvalue weighted by atomic mass is 10.0. The van der Waals surface area contributed by atoms with Gasteiger partial charge in [-0.3, -0.25) is 10.1 Å². The van der Waals surface area contributed by atoms with Crippen molar-refractivity contribution in [2.75, 3.05) is 5.32 Å². The summed E-state index contributed by atoms with van der Waals surface area (Å²) in [6.07, 6.45) is 1.54. The molecule has 4 rings (SSSR count). The zero-order chi connectivity index (χ0) is 19.0. The number of nitrogens with zero attached hydrogens (tertiary/aromatic N) is 3. The van der Waals surface area contributed by atoms with Crippen molar-refractivity contribution in [3.8, 4) is 5.75 Å². The third kappa shape index (κ3) is 3.48. The summed E-state index contributed by atoms with van der Waals surface area (Å²) in [5, 5.41) is 7.33. The minimum atomic E-state index is -0.383. The number of halogens is 3. The maximum Gasteiger partial charge on any atom is 0.229 e. The van der Waals surface area contributed by atoms with Crippen molar-refractivity contribution in [3.05, 3.63) is 69.7 Å². The summed E-state index contributed by atoms with van der Waals surface area (Å²) >= 11 is 12.7. The van der Waals surface area contributed by atoms with E-state index in [9.17, 15) is 9.18 Å². The van der Waals surface area contributed by atoms with Crippen molar-refractivity contribution >= 4 is 35.1 Å². The molecule has 0 bridgehead atoms. The Balaban J connectivity index is 1.61. The maximum absolute atomic E-state index is 13.7. The first-order valence-corrected chi connectivity index (χ1v) is 8.83. The number of ether oxygens (including phenoxy) is 1. The van der Waals surface area contributed by atoms with E-state index in [-0.39, 0.29) is 46.6 Å². The molecule has 1 aliphatic rings. The molecule has 1 amide bonds. The van der Waals surface area contributed by atoms with Crippen LogP contribution in [0.3, 0.4) is 0 Å². The Morgan fingerprint density at radius 3 is 2.74 bits per heavy atom. The van der Waals surface area contributed by atoms with E-state index in [0.29, 0.717) is 17.1 Å². The number of hydrogen-bond donors (Lipinski definition) is 1. The number of rotatable bonds is 4. The van der Waals surface area contributed by atoms with E-state index in [1.165, 1.54) is 12.4 Å². The van der Waals surface area contributed by atoms with Crippen LogP contribution in [0.15, 0.2) is 42.7 Å². The number of aromatic nitrogens is 3. The van der Waals surface area contributed by atoms with Crippen LogP contribution >= 0.6 is 23.2 Å². The third-order valence-electron chi connectivity index (χ3n) is 4.23. The normalized spacial score (nSPS) is 16.0. The molecule has 1 aliphatic heterocycles. The molecule has 27 heavy (non-hydrogen) atoms. The lowest BCUT2D eigenvalue weighted by Gasteiger charge is -2.24.